The predicted molar refractivity (Wildman–Crippen MR) is 119 cm³/mol. The van der Waals surface area contributed by atoms with Crippen molar-refractivity contribution < 1.29 is 33.0 Å². The molecule has 0 bridgehead atoms. The molecular formula is C24H19ClFNO6. The van der Waals surface area contributed by atoms with E-state index < -0.39 is 29.3 Å². The number of benzene rings is 2. The number of Topliss-reactive ketones (excluding diaryl/α,β-unsaturated/α-hetero) is 1. The zero-order valence-electron chi connectivity index (χ0n) is 17.9. The lowest BCUT2D eigenvalue weighted by molar-refractivity contribution is -0.132. The van der Waals surface area contributed by atoms with Crippen LogP contribution in [0.5, 0.6) is 11.5 Å². The number of anilines is 1. The molecule has 1 aliphatic heterocycles. The fraction of sp³-hybridized carbons (Fsp3) is 0.167. The van der Waals surface area contributed by atoms with Crippen LogP contribution in [0, 0.1) is 12.7 Å². The zero-order chi connectivity index (χ0) is 23.9. The van der Waals surface area contributed by atoms with Gasteiger partial charge in [-0.15, -0.1) is 0 Å². The summed E-state index contributed by atoms with van der Waals surface area (Å²) >= 11 is 6.24. The normalized spacial score (nSPS) is 17.5. The number of aliphatic hydroxyl groups is 1. The number of carbonyl (C=O) groups excluding carboxylic acids is 2. The smallest absolute Gasteiger partial charge is 0.300 e. The van der Waals surface area contributed by atoms with Crippen LogP contribution in [0.4, 0.5) is 10.1 Å². The Kier molecular flexibility index (Phi) is 5.86. The molecule has 1 amide bonds. The van der Waals surface area contributed by atoms with Crippen molar-refractivity contribution in [1.29, 1.82) is 0 Å². The highest BCUT2D eigenvalue weighted by Gasteiger charge is 2.48. The second-order valence-electron chi connectivity index (χ2n) is 7.28. The number of ketones is 1. The number of furan rings is 1. The summed E-state index contributed by atoms with van der Waals surface area (Å²) in [7, 11) is 2.80. The van der Waals surface area contributed by atoms with E-state index in [9.17, 15) is 19.1 Å². The highest BCUT2D eigenvalue weighted by molar-refractivity contribution is 6.51. The van der Waals surface area contributed by atoms with Gasteiger partial charge in [0.2, 0.25) is 0 Å². The number of amides is 1. The Hall–Kier alpha value is -3.78. The van der Waals surface area contributed by atoms with E-state index >= 15 is 0 Å². The number of nitrogens with zero attached hydrogens (tertiary/aromatic N) is 1. The Labute approximate surface area is 193 Å². The second kappa shape index (κ2) is 8.63. The number of methoxy groups -OCH3 is 2. The Morgan fingerprint density at radius 2 is 1.73 bits per heavy atom. The third-order valence-corrected chi connectivity index (χ3v) is 5.60. The van der Waals surface area contributed by atoms with Crippen molar-refractivity contribution in [1.82, 2.24) is 0 Å². The minimum absolute atomic E-state index is 0.0914. The van der Waals surface area contributed by atoms with Crippen LogP contribution in [-0.4, -0.2) is 31.0 Å². The zero-order valence-corrected chi connectivity index (χ0v) is 18.6. The predicted octanol–water partition coefficient (Wildman–Crippen LogP) is 5.02. The van der Waals surface area contributed by atoms with Crippen LogP contribution in [0.2, 0.25) is 5.02 Å². The van der Waals surface area contributed by atoms with Gasteiger partial charge in [-0.1, -0.05) is 11.6 Å². The lowest BCUT2D eigenvalue weighted by Gasteiger charge is -2.23. The van der Waals surface area contributed by atoms with Crippen LogP contribution in [0.25, 0.3) is 5.76 Å². The van der Waals surface area contributed by atoms with E-state index in [4.69, 9.17) is 25.5 Å². The lowest BCUT2D eigenvalue weighted by Crippen LogP contribution is -2.29. The van der Waals surface area contributed by atoms with Crippen molar-refractivity contribution in [2.75, 3.05) is 19.1 Å². The van der Waals surface area contributed by atoms with Crippen molar-refractivity contribution >= 4 is 34.7 Å². The molecule has 1 N–H and O–H groups in total. The molecule has 0 aliphatic carbocycles. The molecule has 0 spiro atoms. The first-order valence-corrected chi connectivity index (χ1v) is 10.2. The Balaban J connectivity index is 1.97. The summed E-state index contributed by atoms with van der Waals surface area (Å²) < 4.78 is 29.8. The molecular weight excluding hydrogens is 453 g/mol. The maximum atomic E-state index is 13.5. The molecule has 4 rings (SSSR count). The molecule has 7 nitrogen and oxygen atoms in total. The van der Waals surface area contributed by atoms with E-state index in [1.54, 1.807) is 19.1 Å². The van der Waals surface area contributed by atoms with Gasteiger partial charge >= 0.3 is 0 Å². The molecule has 2 heterocycles. The van der Waals surface area contributed by atoms with E-state index in [2.05, 4.69) is 0 Å². The molecule has 1 aliphatic rings. The minimum Gasteiger partial charge on any atom is -0.507 e. The highest BCUT2D eigenvalue weighted by Crippen LogP contribution is 2.45. The molecule has 1 atom stereocenters. The standard InChI is InChI=1S/C24H19ClFNO6/c1-12-4-9-17(33-12)21-20(22(28)15-10-16(25)19(32-3)11-18(15)31-2)23(29)24(30)27(21)14-7-5-13(26)6-8-14/h4-11,21,28H,1-3H3/b22-20+. The molecule has 9 heteroatoms. The summed E-state index contributed by atoms with van der Waals surface area (Å²) in [5.41, 5.74) is 0.128. The van der Waals surface area contributed by atoms with Crippen molar-refractivity contribution in [3.05, 3.63) is 82.0 Å². The van der Waals surface area contributed by atoms with Gasteiger partial charge in [0.15, 0.2) is 0 Å². The average Bonchev–Trinajstić information content (AvgIpc) is 3.34. The van der Waals surface area contributed by atoms with Crippen LogP contribution in [0.3, 0.4) is 0 Å². The van der Waals surface area contributed by atoms with Gasteiger partial charge in [-0.3, -0.25) is 14.5 Å². The second-order valence-corrected chi connectivity index (χ2v) is 7.69. The Bertz CT molecular complexity index is 1280. The summed E-state index contributed by atoms with van der Waals surface area (Å²) in [5, 5.41) is 11.4. The van der Waals surface area contributed by atoms with Gasteiger partial charge in [-0.2, -0.15) is 0 Å². The van der Waals surface area contributed by atoms with Gasteiger partial charge in [0, 0.05) is 11.8 Å². The maximum Gasteiger partial charge on any atom is 0.300 e. The van der Waals surface area contributed by atoms with Crippen molar-refractivity contribution in [2.24, 2.45) is 0 Å². The summed E-state index contributed by atoms with van der Waals surface area (Å²) in [6.45, 7) is 1.71. The Morgan fingerprint density at radius 3 is 2.30 bits per heavy atom. The van der Waals surface area contributed by atoms with Gasteiger partial charge < -0.3 is 19.0 Å². The van der Waals surface area contributed by atoms with Crippen molar-refractivity contribution in [3.63, 3.8) is 0 Å². The fourth-order valence-electron chi connectivity index (χ4n) is 3.76. The molecule has 1 aromatic heterocycles. The van der Waals surface area contributed by atoms with Crippen LogP contribution in [-0.2, 0) is 9.59 Å². The number of halogens is 2. The van der Waals surface area contributed by atoms with Crippen LogP contribution in [0.15, 0.2) is 58.5 Å². The molecule has 1 fully saturated rings. The number of rotatable bonds is 5. The largest absolute Gasteiger partial charge is 0.507 e. The summed E-state index contributed by atoms with van der Waals surface area (Å²) in [4.78, 5) is 27.4. The third-order valence-electron chi connectivity index (χ3n) is 5.31. The van der Waals surface area contributed by atoms with Crippen LogP contribution in [0.1, 0.15) is 23.1 Å². The number of ether oxygens (including phenoxy) is 2. The highest BCUT2D eigenvalue weighted by atomic mass is 35.5. The van der Waals surface area contributed by atoms with Gasteiger partial charge in [0.25, 0.3) is 11.7 Å². The van der Waals surface area contributed by atoms with Gasteiger partial charge in [-0.25, -0.2) is 4.39 Å². The van der Waals surface area contributed by atoms with Gasteiger partial charge in [0.05, 0.1) is 30.4 Å². The number of aryl methyl sites for hydroxylation is 1. The van der Waals surface area contributed by atoms with Crippen molar-refractivity contribution in [2.45, 2.75) is 13.0 Å². The van der Waals surface area contributed by atoms with E-state index in [1.165, 1.54) is 50.6 Å². The number of hydrogen-bond donors (Lipinski definition) is 1. The SMILES string of the molecule is COc1cc(OC)c(/C(O)=C2\C(=O)C(=O)N(c3ccc(F)cc3)C2c2ccc(C)o2)cc1Cl. The quantitative estimate of drug-likeness (QED) is 0.319. The molecule has 0 saturated carbocycles. The molecule has 2 aromatic carbocycles. The first-order valence-electron chi connectivity index (χ1n) is 9.81. The summed E-state index contributed by atoms with van der Waals surface area (Å²) in [5.74, 6) is -1.58. The van der Waals surface area contributed by atoms with E-state index in [0.717, 1.165) is 4.90 Å². The molecule has 1 unspecified atom stereocenters. The molecule has 170 valence electrons. The Morgan fingerprint density at radius 1 is 1.06 bits per heavy atom. The summed E-state index contributed by atoms with van der Waals surface area (Å²) in [6, 6.07) is 10.1. The number of hydrogen-bond acceptors (Lipinski definition) is 6. The van der Waals surface area contributed by atoms with E-state index in [1.807, 2.05) is 0 Å². The molecule has 3 aromatic rings. The minimum atomic E-state index is -1.10. The lowest BCUT2D eigenvalue weighted by atomic mass is 9.98. The molecule has 1 saturated heterocycles. The third kappa shape index (κ3) is 3.82. The first kappa shape index (κ1) is 22.4. The molecule has 0 radical (unpaired) electrons. The van der Waals surface area contributed by atoms with Gasteiger partial charge in [-0.05, 0) is 49.4 Å². The van der Waals surface area contributed by atoms with Gasteiger partial charge in [0.1, 0.15) is 40.6 Å². The molecule has 33 heavy (non-hydrogen) atoms. The van der Waals surface area contributed by atoms with Crippen LogP contribution < -0.4 is 14.4 Å². The monoisotopic (exact) mass is 471 g/mol. The van der Waals surface area contributed by atoms with E-state index in [-0.39, 0.29) is 33.4 Å². The maximum absolute atomic E-state index is 13.5. The fourth-order valence-corrected chi connectivity index (χ4v) is 4.00. The topological polar surface area (TPSA) is 89.2 Å². The van der Waals surface area contributed by atoms with Crippen molar-refractivity contribution in [3.8, 4) is 11.5 Å². The van der Waals surface area contributed by atoms with Crippen LogP contribution >= 0.6 is 11.6 Å². The van der Waals surface area contributed by atoms with E-state index in [0.29, 0.717) is 11.5 Å². The first-order chi connectivity index (χ1) is 15.8. The summed E-state index contributed by atoms with van der Waals surface area (Å²) in [6.07, 6.45) is 0. The number of carbonyl (C=O) groups is 2. The number of aliphatic hydroxyl groups excluding tert-OH is 1. The average molecular weight is 472 g/mol.